The Bertz CT molecular complexity index is 1350. The SMILES string of the molecule is NS(=O)(=O)c1ccc(C(Oc2ccccc2C(=O)O)c2cc(-c3ccccc3)no2)cc1. The summed E-state index contributed by atoms with van der Waals surface area (Å²) in [5, 5.41) is 18.8. The highest BCUT2D eigenvalue weighted by Gasteiger charge is 2.25. The van der Waals surface area contributed by atoms with Gasteiger partial charge in [0.1, 0.15) is 17.0 Å². The molecule has 1 atom stereocenters. The van der Waals surface area contributed by atoms with Crippen LogP contribution in [0.15, 0.2) is 94.3 Å². The zero-order chi connectivity index (χ0) is 22.7. The minimum atomic E-state index is -3.87. The van der Waals surface area contributed by atoms with Gasteiger partial charge in [0.25, 0.3) is 0 Å². The molecule has 0 saturated heterocycles. The van der Waals surface area contributed by atoms with Crippen LogP contribution in [0.1, 0.15) is 27.8 Å². The van der Waals surface area contributed by atoms with E-state index >= 15 is 0 Å². The molecule has 4 rings (SSSR count). The number of nitrogens with two attached hydrogens (primary N) is 1. The van der Waals surface area contributed by atoms with Gasteiger partial charge in [0.15, 0.2) is 11.9 Å². The van der Waals surface area contributed by atoms with Crippen LogP contribution in [0.4, 0.5) is 0 Å². The van der Waals surface area contributed by atoms with E-state index in [4.69, 9.17) is 14.4 Å². The number of rotatable bonds is 7. The van der Waals surface area contributed by atoms with Crippen molar-refractivity contribution in [2.45, 2.75) is 11.0 Å². The third-order valence-electron chi connectivity index (χ3n) is 4.73. The molecule has 0 spiro atoms. The first-order valence-corrected chi connectivity index (χ1v) is 11.0. The molecule has 3 N–H and O–H groups in total. The molecule has 9 heteroatoms. The number of carboxylic acid groups (broad SMARTS) is 1. The van der Waals surface area contributed by atoms with E-state index in [-0.39, 0.29) is 16.2 Å². The van der Waals surface area contributed by atoms with Crippen LogP contribution >= 0.6 is 0 Å². The molecule has 0 aliphatic heterocycles. The maximum Gasteiger partial charge on any atom is 0.339 e. The van der Waals surface area contributed by atoms with Crippen LogP contribution in [-0.4, -0.2) is 24.7 Å². The second-order valence-electron chi connectivity index (χ2n) is 6.89. The number of primary sulfonamides is 1. The second kappa shape index (κ2) is 8.66. The topological polar surface area (TPSA) is 133 Å². The number of benzene rings is 3. The van der Waals surface area contributed by atoms with Crippen molar-refractivity contribution >= 4 is 16.0 Å². The fourth-order valence-electron chi connectivity index (χ4n) is 3.15. The van der Waals surface area contributed by atoms with Gasteiger partial charge in [0, 0.05) is 17.2 Å². The largest absolute Gasteiger partial charge is 0.478 e. The van der Waals surface area contributed by atoms with Gasteiger partial charge >= 0.3 is 5.97 Å². The summed E-state index contributed by atoms with van der Waals surface area (Å²) >= 11 is 0. The van der Waals surface area contributed by atoms with Crippen LogP contribution in [0.5, 0.6) is 5.75 Å². The van der Waals surface area contributed by atoms with Gasteiger partial charge in [-0.15, -0.1) is 0 Å². The zero-order valence-electron chi connectivity index (χ0n) is 16.6. The molecule has 0 saturated carbocycles. The van der Waals surface area contributed by atoms with Crippen LogP contribution in [0.2, 0.25) is 0 Å². The summed E-state index contributed by atoms with van der Waals surface area (Å²) in [6.07, 6.45) is -0.894. The van der Waals surface area contributed by atoms with Gasteiger partial charge in [-0.2, -0.15) is 0 Å². The third kappa shape index (κ3) is 4.53. The van der Waals surface area contributed by atoms with Crippen molar-refractivity contribution in [3.8, 4) is 17.0 Å². The highest BCUT2D eigenvalue weighted by molar-refractivity contribution is 7.89. The molecule has 162 valence electrons. The van der Waals surface area contributed by atoms with Gasteiger partial charge < -0.3 is 14.4 Å². The molecule has 32 heavy (non-hydrogen) atoms. The lowest BCUT2D eigenvalue weighted by atomic mass is 10.1. The minimum Gasteiger partial charge on any atom is -0.478 e. The third-order valence-corrected chi connectivity index (χ3v) is 5.66. The number of para-hydroxylation sites is 1. The Labute approximate surface area is 183 Å². The van der Waals surface area contributed by atoms with E-state index in [9.17, 15) is 18.3 Å². The summed E-state index contributed by atoms with van der Waals surface area (Å²) in [5.41, 5.74) is 1.90. The Balaban J connectivity index is 1.77. The molecular weight excluding hydrogens is 432 g/mol. The number of carboxylic acids is 1. The van der Waals surface area contributed by atoms with E-state index < -0.39 is 22.1 Å². The smallest absolute Gasteiger partial charge is 0.339 e. The Morgan fingerprint density at radius 1 is 0.969 bits per heavy atom. The molecule has 0 aliphatic rings. The number of carbonyl (C=O) groups is 1. The summed E-state index contributed by atoms with van der Waals surface area (Å²) in [5.74, 6) is -0.711. The van der Waals surface area contributed by atoms with Crippen molar-refractivity contribution in [2.24, 2.45) is 5.14 Å². The highest BCUT2D eigenvalue weighted by Crippen LogP contribution is 2.33. The lowest BCUT2D eigenvalue weighted by Gasteiger charge is -2.18. The summed E-state index contributed by atoms with van der Waals surface area (Å²) in [4.78, 5) is 11.6. The number of sulfonamides is 1. The van der Waals surface area contributed by atoms with Crippen LogP contribution in [0.25, 0.3) is 11.3 Å². The number of ether oxygens (including phenoxy) is 1. The summed E-state index contributed by atoms with van der Waals surface area (Å²) < 4.78 is 34.8. The van der Waals surface area contributed by atoms with Crippen molar-refractivity contribution in [2.75, 3.05) is 0 Å². The second-order valence-corrected chi connectivity index (χ2v) is 8.46. The number of aromatic carboxylic acids is 1. The first kappa shape index (κ1) is 21.3. The van der Waals surface area contributed by atoms with E-state index in [0.29, 0.717) is 17.0 Å². The zero-order valence-corrected chi connectivity index (χ0v) is 17.4. The predicted octanol–water partition coefficient (Wildman–Crippen LogP) is 3.86. The van der Waals surface area contributed by atoms with Crippen molar-refractivity contribution in [1.29, 1.82) is 0 Å². The highest BCUT2D eigenvalue weighted by atomic mass is 32.2. The molecular formula is C23H18N2O6S. The molecule has 0 amide bonds. The Hall–Kier alpha value is -3.95. The Kier molecular flexibility index (Phi) is 5.76. The Morgan fingerprint density at radius 2 is 1.62 bits per heavy atom. The summed E-state index contributed by atoms with van der Waals surface area (Å²) in [6.45, 7) is 0. The number of hydrogen-bond acceptors (Lipinski definition) is 6. The molecule has 0 aliphatic carbocycles. The van der Waals surface area contributed by atoms with Crippen molar-refractivity contribution in [3.05, 3.63) is 102 Å². The maximum atomic E-state index is 11.6. The number of hydrogen-bond donors (Lipinski definition) is 2. The van der Waals surface area contributed by atoms with Gasteiger partial charge in [0.2, 0.25) is 10.0 Å². The lowest BCUT2D eigenvalue weighted by molar-refractivity contribution is 0.0689. The van der Waals surface area contributed by atoms with Gasteiger partial charge in [0.05, 0.1) is 4.90 Å². The number of nitrogens with zero attached hydrogens (tertiary/aromatic N) is 1. The monoisotopic (exact) mass is 450 g/mol. The first-order valence-electron chi connectivity index (χ1n) is 9.47. The molecule has 1 aromatic heterocycles. The van der Waals surface area contributed by atoms with E-state index in [0.717, 1.165) is 5.56 Å². The van der Waals surface area contributed by atoms with Crippen LogP contribution in [0, 0.1) is 0 Å². The summed E-state index contributed by atoms with van der Waals surface area (Å²) in [7, 11) is -3.87. The first-order chi connectivity index (χ1) is 15.3. The van der Waals surface area contributed by atoms with Crippen molar-refractivity contribution < 1.29 is 27.6 Å². The molecule has 1 unspecified atom stereocenters. The molecule has 8 nitrogen and oxygen atoms in total. The molecule has 0 fully saturated rings. The van der Waals surface area contributed by atoms with Gasteiger partial charge in [-0.3, -0.25) is 0 Å². The predicted molar refractivity (Wildman–Crippen MR) is 116 cm³/mol. The molecule has 3 aromatic carbocycles. The van der Waals surface area contributed by atoms with Crippen molar-refractivity contribution in [1.82, 2.24) is 5.16 Å². The van der Waals surface area contributed by atoms with Crippen LogP contribution < -0.4 is 9.88 Å². The van der Waals surface area contributed by atoms with Crippen molar-refractivity contribution in [3.63, 3.8) is 0 Å². The van der Waals surface area contributed by atoms with Crippen LogP contribution in [-0.2, 0) is 10.0 Å². The standard InChI is InChI=1S/C23H18N2O6S/c24-32(28,29)17-12-10-16(11-13-17)22(30-20-9-5-4-8-18(20)23(26)27)21-14-19(25-31-21)15-6-2-1-3-7-15/h1-14,22H,(H,26,27)(H2,24,28,29). The van der Waals surface area contributed by atoms with E-state index in [2.05, 4.69) is 5.16 Å². The quantitative estimate of drug-likeness (QED) is 0.437. The fourth-order valence-corrected chi connectivity index (χ4v) is 3.67. The molecule has 0 radical (unpaired) electrons. The van der Waals surface area contributed by atoms with E-state index in [1.54, 1.807) is 18.2 Å². The average molecular weight is 450 g/mol. The van der Waals surface area contributed by atoms with E-state index in [1.807, 2.05) is 30.3 Å². The Morgan fingerprint density at radius 3 is 2.28 bits per heavy atom. The van der Waals surface area contributed by atoms with Gasteiger partial charge in [-0.25, -0.2) is 18.4 Å². The normalized spacial score (nSPS) is 12.3. The minimum absolute atomic E-state index is 0.0264. The van der Waals surface area contributed by atoms with Gasteiger partial charge in [-0.1, -0.05) is 59.8 Å². The molecule has 4 aromatic rings. The summed E-state index contributed by atoms with van der Waals surface area (Å²) in [6, 6.07) is 23.0. The van der Waals surface area contributed by atoms with Crippen LogP contribution in [0.3, 0.4) is 0 Å². The number of aromatic nitrogens is 1. The fraction of sp³-hybridized carbons (Fsp3) is 0.0435. The molecule has 0 bridgehead atoms. The van der Waals surface area contributed by atoms with E-state index in [1.165, 1.54) is 36.4 Å². The van der Waals surface area contributed by atoms with Gasteiger partial charge in [-0.05, 0) is 24.3 Å². The average Bonchev–Trinajstić information content (AvgIpc) is 3.28. The lowest BCUT2D eigenvalue weighted by Crippen LogP contribution is -2.14. The maximum absolute atomic E-state index is 11.6. The molecule has 1 heterocycles.